The van der Waals surface area contributed by atoms with E-state index in [0.29, 0.717) is 17.7 Å². The van der Waals surface area contributed by atoms with Crippen molar-refractivity contribution in [3.05, 3.63) is 65.5 Å². The lowest BCUT2D eigenvalue weighted by Crippen LogP contribution is -3.13. The molecule has 0 amide bonds. The van der Waals surface area contributed by atoms with Gasteiger partial charge in [-0.25, -0.2) is 4.39 Å². The maximum absolute atomic E-state index is 13.0. The standard InChI is InChI=1S/C22H28FN3OS/c1-27-20-11-7-18(8-12-20)21(26-13-3-2-4-14-26)16-25-22(28)24-15-17-5-9-19(23)10-6-17/h5-12,21H,2-4,13-16H2,1H3,(H2,24,25,28)/p+1/t21-/m1/s1. The molecule has 0 aliphatic carbocycles. The van der Waals surface area contributed by atoms with Crippen LogP contribution in [0, 0.1) is 5.82 Å². The lowest BCUT2D eigenvalue weighted by molar-refractivity contribution is -0.934. The molecule has 0 unspecified atom stereocenters. The molecule has 3 rings (SSSR count). The van der Waals surface area contributed by atoms with Gasteiger partial charge in [0.1, 0.15) is 17.6 Å². The number of rotatable bonds is 7. The third-order valence-corrected chi connectivity index (χ3v) is 5.63. The second kappa shape index (κ2) is 10.4. The maximum Gasteiger partial charge on any atom is 0.166 e. The Balaban J connectivity index is 1.58. The van der Waals surface area contributed by atoms with Gasteiger partial charge in [-0.05, 0) is 73.4 Å². The van der Waals surface area contributed by atoms with Gasteiger partial charge in [-0.1, -0.05) is 12.1 Å². The molecule has 1 aliphatic heterocycles. The number of methoxy groups -OCH3 is 1. The highest BCUT2D eigenvalue weighted by Crippen LogP contribution is 2.16. The van der Waals surface area contributed by atoms with Gasteiger partial charge >= 0.3 is 0 Å². The Kier molecular flexibility index (Phi) is 7.62. The number of benzene rings is 2. The van der Waals surface area contributed by atoms with Gasteiger partial charge in [0, 0.05) is 12.1 Å². The van der Waals surface area contributed by atoms with E-state index in [-0.39, 0.29) is 5.82 Å². The van der Waals surface area contributed by atoms with Crippen LogP contribution in [-0.2, 0) is 6.54 Å². The smallest absolute Gasteiger partial charge is 0.166 e. The first-order chi connectivity index (χ1) is 13.7. The van der Waals surface area contributed by atoms with Crippen LogP contribution in [0.25, 0.3) is 0 Å². The van der Waals surface area contributed by atoms with Gasteiger partial charge in [0.05, 0.1) is 26.7 Å². The topological polar surface area (TPSA) is 37.7 Å². The first kappa shape index (κ1) is 20.6. The number of halogens is 1. The monoisotopic (exact) mass is 402 g/mol. The number of likely N-dealkylation sites (tertiary alicyclic amines) is 1. The fourth-order valence-corrected chi connectivity index (χ4v) is 3.89. The minimum Gasteiger partial charge on any atom is -0.497 e. The van der Waals surface area contributed by atoms with Crippen molar-refractivity contribution >= 4 is 17.3 Å². The van der Waals surface area contributed by atoms with Crippen molar-refractivity contribution in [2.45, 2.75) is 31.8 Å². The molecule has 0 bridgehead atoms. The molecule has 2 aromatic carbocycles. The Bertz CT molecular complexity index is 745. The molecule has 150 valence electrons. The molecule has 1 heterocycles. The first-order valence-electron chi connectivity index (χ1n) is 9.90. The first-order valence-corrected chi connectivity index (χ1v) is 10.3. The van der Waals surface area contributed by atoms with Crippen LogP contribution in [0.15, 0.2) is 48.5 Å². The van der Waals surface area contributed by atoms with Crippen molar-refractivity contribution < 1.29 is 14.0 Å². The molecule has 0 saturated carbocycles. The van der Waals surface area contributed by atoms with Crippen molar-refractivity contribution in [1.29, 1.82) is 0 Å². The highest BCUT2D eigenvalue weighted by molar-refractivity contribution is 7.80. The molecule has 0 radical (unpaired) electrons. The van der Waals surface area contributed by atoms with Gasteiger partial charge in [-0.2, -0.15) is 0 Å². The van der Waals surface area contributed by atoms with Crippen molar-refractivity contribution in [2.24, 2.45) is 0 Å². The number of ether oxygens (including phenoxy) is 1. The summed E-state index contributed by atoms with van der Waals surface area (Å²) in [5, 5.41) is 7.22. The van der Waals surface area contributed by atoms with E-state index in [1.807, 2.05) is 12.1 Å². The van der Waals surface area contributed by atoms with Gasteiger partial charge in [0.2, 0.25) is 0 Å². The molecule has 6 heteroatoms. The summed E-state index contributed by atoms with van der Waals surface area (Å²) in [6.07, 6.45) is 3.87. The van der Waals surface area contributed by atoms with Crippen LogP contribution in [0.3, 0.4) is 0 Å². The Morgan fingerprint density at radius 2 is 1.71 bits per heavy atom. The molecule has 1 aliphatic rings. The summed E-state index contributed by atoms with van der Waals surface area (Å²) in [7, 11) is 1.69. The summed E-state index contributed by atoms with van der Waals surface area (Å²) in [5.74, 6) is 0.650. The van der Waals surface area contributed by atoms with Crippen LogP contribution in [0.2, 0.25) is 0 Å². The Morgan fingerprint density at radius 1 is 1.04 bits per heavy atom. The second-order valence-corrected chi connectivity index (χ2v) is 7.64. The van der Waals surface area contributed by atoms with E-state index < -0.39 is 0 Å². The predicted molar refractivity (Wildman–Crippen MR) is 114 cm³/mol. The minimum absolute atomic E-state index is 0.226. The van der Waals surface area contributed by atoms with E-state index >= 15 is 0 Å². The molecule has 2 aromatic rings. The molecule has 1 atom stereocenters. The normalized spacial score (nSPS) is 15.6. The van der Waals surface area contributed by atoms with E-state index in [4.69, 9.17) is 17.0 Å². The summed E-state index contributed by atoms with van der Waals surface area (Å²) in [6, 6.07) is 15.2. The Labute approximate surface area is 172 Å². The van der Waals surface area contributed by atoms with E-state index in [1.165, 1.54) is 50.0 Å². The van der Waals surface area contributed by atoms with Crippen LogP contribution < -0.4 is 20.3 Å². The largest absolute Gasteiger partial charge is 0.497 e. The van der Waals surface area contributed by atoms with Gasteiger partial charge in [0.25, 0.3) is 0 Å². The van der Waals surface area contributed by atoms with Gasteiger partial charge in [0.15, 0.2) is 5.11 Å². The van der Waals surface area contributed by atoms with Crippen LogP contribution >= 0.6 is 12.2 Å². The van der Waals surface area contributed by atoms with Crippen molar-refractivity contribution in [2.75, 3.05) is 26.7 Å². The minimum atomic E-state index is -0.226. The molecule has 28 heavy (non-hydrogen) atoms. The Morgan fingerprint density at radius 3 is 2.36 bits per heavy atom. The highest BCUT2D eigenvalue weighted by atomic mass is 32.1. The maximum atomic E-state index is 13.0. The van der Waals surface area contributed by atoms with Gasteiger partial charge in [-0.3, -0.25) is 0 Å². The third kappa shape index (κ3) is 5.91. The summed E-state index contributed by atoms with van der Waals surface area (Å²) < 4.78 is 18.3. The second-order valence-electron chi connectivity index (χ2n) is 7.23. The Hall–Kier alpha value is -2.18. The number of nitrogens with one attached hydrogen (secondary N) is 3. The summed E-state index contributed by atoms with van der Waals surface area (Å²) >= 11 is 5.46. The highest BCUT2D eigenvalue weighted by Gasteiger charge is 2.26. The number of piperidine rings is 1. The van der Waals surface area contributed by atoms with E-state index in [1.54, 1.807) is 24.1 Å². The van der Waals surface area contributed by atoms with E-state index in [2.05, 4.69) is 22.8 Å². The zero-order valence-electron chi connectivity index (χ0n) is 16.3. The summed E-state index contributed by atoms with van der Waals surface area (Å²) in [6.45, 7) is 3.73. The molecular formula is C22H29FN3OS+. The predicted octanol–water partition coefficient (Wildman–Crippen LogP) is 2.61. The molecule has 3 N–H and O–H groups in total. The number of hydrogen-bond acceptors (Lipinski definition) is 2. The van der Waals surface area contributed by atoms with Crippen LogP contribution in [-0.4, -0.2) is 31.9 Å². The molecule has 1 fully saturated rings. The zero-order chi connectivity index (χ0) is 19.8. The van der Waals surface area contributed by atoms with E-state index in [0.717, 1.165) is 17.9 Å². The number of hydrogen-bond donors (Lipinski definition) is 3. The summed E-state index contributed by atoms with van der Waals surface area (Å²) in [4.78, 5) is 1.60. The van der Waals surface area contributed by atoms with Crippen LogP contribution in [0.4, 0.5) is 4.39 Å². The fourth-order valence-electron chi connectivity index (χ4n) is 3.73. The van der Waals surface area contributed by atoms with Gasteiger partial charge in [-0.15, -0.1) is 0 Å². The lowest BCUT2D eigenvalue weighted by Gasteiger charge is -2.32. The third-order valence-electron chi connectivity index (χ3n) is 5.34. The number of thiocarbonyl (C=S) groups is 1. The number of quaternary nitrogens is 1. The molecule has 0 spiro atoms. The molecule has 0 aromatic heterocycles. The fraction of sp³-hybridized carbons (Fsp3) is 0.409. The zero-order valence-corrected chi connectivity index (χ0v) is 17.2. The van der Waals surface area contributed by atoms with Crippen LogP contribution in [0.5, 0.6) is 5.75 Å². The van der Waals surface area contributed by atoms with Crippen molar-refractivity contribution in [3.63, 3.8) is 0 Å². The van der Waals surface area contributed by atoms with Crippen molar-refractivity contribution in [3.8, 4) is 5.75 Å². The molecule has 4 nitrogen and oxygen atoms in total. The SMILES string of the molecule is COc1ccc([C@@H](CNC(=S)NCc2ccc(F)cc2)[NH+]2CCCCC2)cc1. The average Bonchev–Trinajstić information content (AvgIpc) is 2.74. The quantitative estimate of drug-likeness (QED) is 0.623. The molecular weight excluding hydrogens is 373 g/mol. The van der Waals surface area contributed by atoms with Crippen LogP contribution in [0.1, 0.15) is 36.4 Å². The average molecular weight is 403 g/mol. The summed E-state index contributed by atoms with van der Waals surface area (Å²) in [5.41, 5.74) is 2.30. The van der Waals surface area contributed by atoms with Gasteiger partial charge < -0.3 is 20.3 Å². The lowest BCUT2D eigenvalue weighted by atomic mass is 10.0. The van der Waals surface area contributed by atoms with Crippen molar-refractivity contribution in [1.82, 2.24) is 10.6 Å². The molecule has 1 saturated heterocycles. The van der Waals surface area contributed by atoms with E-state index in [9.17, 15) is 4.39 Å².